The zero-order valence-corrected chi connectivity index (χ0v) is 15.9. The predicted octanol–water partition coefficient (Wildman–Crippen LogP) is 4.24. The van der Waals surface area contributed by atoms with Gasteiger partial charge >= 0.3 is 0 Å². The van der Waals surface area contributed by atoms with Crippen molar-refractivity contribution in [3.8, 4) is 5.75 Å². The Hall–Kier alpha value is -1.95. The van der Waals surface area contributed by atoms with Crippen molar-refractivity contribution in [1.29, 1.82) is 0 Å². The molecule has 1 atom stereocenters. The summed E-state index contributed by atoms with van der Waals surface area (Å²) in [5.41, 5.74) is 1.84. The molecule has 7 heteroatoms. The van der Waals surface area contributed by atoms with Crippen molar-refractivity contribution >= 4 is 40.5 Å². The first kappa shape index (κ1) is 18.8. The van der Waals surface area contributed by atoms with E-state index in [9.17, 15) is 4.79 Å². The summed E-state index contributed by atoms with van der Waals surface area (Å²) >= 11 is 11.8. The molecule has 1 aliphatic rings. The van der Waals surface area contributed by atoms with Gasteiger partial charge in [0.1, 0.15) is 5.75 Å². The number of benzene rings is 2. The molecule has 138 valence electrons. The number of carbonyl (C=O) groups is 1. The minimum atomic E-state index is -0.675. The second-order valence-corrected chi connectivity index (χ2v) is 6.79. The summed E-state index contributed by atoms with van der Waals surface area (Å²) in [6.45, 7) is 4.91. The van der Waals surface area contributed by atoms with E-state index >= 15 is 0 Å². The zero-order chi connectivity index (χ0) is 18.5. The van der Waals surface area contributed by atoms with E-state index in [1.807, 2.05) is 24.3 Å². The normalized spacial score (nSPS) is 15.4. The fourth-order valence-electron chi connectivity index (χ4n) is 2.63. The summed E-state index contributed by atoms with van der Waals surface area (Å²) in [6.07, 6.45) is -0.675. The van der Waals surface area contributed by atoms with E-state index in [2.05, 4.69) is 10.2 Å². The minimum absolute atomic E-state index is 0.241. The quantitative estimate of drug-likeness (QED) is 0.823. The summed E-state index contributed by atoms with van der Waals surface area (Å²) < 4.78 is 11.0. The number of rotatable bonds is 5. The molecule has 2 aromatic rings. The lowest BCUT2D eigenvalue weighted by Crippen LogP contribution is -2.36. The third kappa shape index (κ3) is 4.81. The number of hydrogen-bond donors (Lipinski definition) is 1. The van der Waals surface area contributed by atoms with Crippen molar-refractivity contribution in [3.63, 3.8) is 0 Å². The summed E-state index contributed by atoms with van der Waals surface area (Å²) in [6, 6.07) is 12.6. The zero-order valence-electron chi connectivity index (χ0n) is 14.4. The van der Waals surface area contributed by atoms with Crippen LogP contribution >= 0.6 is 23.2 Å². The molecule has 0 radical (unpaired) electrons. The molecule has 3 rings (SSSR count). The van der Waals surface area contributed by atoms with Crippen LogP contribution in [0.15, 0.2) is 42.5 Å². The van der Waals surface area contributed by atoms with Gasteiger partial charge < -0.3 is 19.7 Å². The molecule has 1 amide bonds. The Bertz CT molecular complexity index is 762. The summed E-state index contributed by atoms with van der Waals surface area (Å²) in [4.78, 5) is 14.6. The van der Waals surface area contributed by atoms with Gasteiger partial charge in [0.05, 0.1) is 23.3 Å². The van der Waals surface area contributed by atoms with Crippen molar-refractivity contribution in [1.82, 2.24) is 0 Å². The van der Waals surface area contributed by atoms with Gasteiger partial charge in [0, 0.05) is 30.5 Å². The highest BCUT2D eigenvalue weighted by atomic mass is 35.5. The Morgan fingerprint density at radius 3 is 2.46 bits per heavy atom. The number of nitrogens with zero attached hydrogens (tertiary/aromatic N) is 1. The molecule has 1 heterocycles. The van der Waals surface area contributed by atoms with Crippen LogP contribution in [-0.2, 0) is 9.53 Å². The first-order valence-electron chi connectivity index (χ1n) is 8.38. The Labute approximate surface area is 162 Å². The average molecular weight is 395 g/mol. The molecule has 0 bridgehead atoms. The molecular formula is C19H20Cl2N2O3. The smallest absolute Gasteiger partial charge is 0.265 e. The Kier molecular flexibility index (Phi) is 6.25. The van der Waals surface area contributed by atoms with Gasteiger partial charge in [-0.1, -0.05) is 23.2 Å². The van der Waals surface area contributed by atoms with E-state index in [1.165, 1.54) is 0 Å². The molecule has 26 heavy (non-hydrogen) atoms. The van der Waals surface area contributed by atoms with Crippen LogP contribution in [0.5, 0.6) is 5.75 Å². The second-order valence-electron chi connectivity index (χ2n) is 5.97. The Balaban J connectivity index is 1.57. The van der Waals surface area contributed by atoms with Crippen LogP contribution in [0.4, 0.5) is 11.4 Å². The van der Waals surface area contributed by atoms with E-state index in [0.717, 1.165) is 37.7 Å². The molecule has 1 fully saturated rings. The molecule has 0 spiro atoms. The van der Waals surface area contributed by atoms with Crippen molar-refractivity contribution in [2.24, 2.45) is 0 Å². The molecule has 1 unspecified atom stereocenters. The predicted molar refractivity (Wildman–Crippen MR) is 105 cm³/mol. The highest BCUT2D eigenvalue weighted by Gasteiger charge is 2.16. The summed E-state index contributed by atoms with van der Waals surface area (Å²) in [5.74, 6) is 0.250. The number of nitrogens with one attached hydrogen (secondary N) is 1. The second kappa shape index (κ2) is 8.62. The number of carbonyl (C=O) groups excluding carboxylic acids is 1. The number of hydrogen-bond acceptors (Lipinski definition) is 4. The maximum Gasteiger partial charge on any atom is 0.265 e. The number of ether oxygens (including phenoxy) is 2. The largest absolute Gasteiger partial charge is 0.481 e. The van der Waals surface area contributed by atoms with Gasteiger partial charge in [0.2, 0.25) is 0 Å². The third-order valence-electron chi connectivity index (χ3n) is 4.08. The average Bonchev–Trinajstić information content (AvgIpc) is 2.66. The van der Waals surface area contributed by atoms with Crippen LogP contribution in [-0.4, -0.2) is 38.3 Å². The van der Waals surface area contributed by atoms with Gasteiger partial charge in [-0.05, 0) is 43.3 Å². The number of halogens is 2. The molecule has 0 aliphatic carbocycles. The van der Waals surface area contributed by atoms with E-state index in [1.54, 1.807) is 25.1 Å². The topological polar surface area (TPSA) is 50.8 Å². The van der Waals surface area contributed by atoms with Gasteiger partial charge in [-0.2, -0.15) is 0 Å². The Morgan fingerprint density at radius 1 is 1.12 bits per heavy atom. The first-order valence-corrected chi connectivity index (χ1v) is 9.14. The molecule has 1 N–H and O–H groups in total. The van der Waals surface area contributed by atoms with Gasteiger partial charge in [0.25, 0.3) is 5.91 Å². The molecule has 2 aromatic carbocycles. The monoisotopic (exact) mass is 394 g/mol. The lowest BCUT2D eigenvalue weighted by molar-refractivity contribution is -0.122. The van der Waals surface area contributed by atoms with Crippen LogP contribution < -0.4 is 15.0 Å². The molecule has 1 saturated heterocycles. The van der Waals surface area contributed by atoms with Crippen LogP contribution in [0.25, 0.3) is 0 Å². The van der Waals surface area contributed by atoms with E-state index in [4.69, 9.17) is 32.7 Å². The van der Waals surface area contributed by atoms with Crippen molar-refractivity contribution in [2.45, 2.75) is 13.0 Å². The molecule has 0 aromatic heterocycles. The van der Waals surface area contributed by atoms with Crippen LogP contribution in [0, 0.1) is 0 Å². The van der Waals surface area contributed by atoms with Gasteiger partial charge in [-0.15, -0.1) is 0 Å². The van der Waals surface area contributed by atoms with Gasteiger partial charge in [-0.3, -0.25) is 4.79 Å². The van der Waals surface area contributed by atoms with E-state index in [-0.39, 0.29) is 5.91 Å². The van der Waals surface area contributed by atoms with Gasteiger partial charge in [-0.25, -0.2) is 0 Å². The maximum absolute atomic E-state index is 12.3. The van der Waals surface area contributed by atoms with Crippen molar-refractivity contribution < 1.29 is 14.3 Å². The fourth-order valence-corrected chi connectivity index (χ4v) is 2.92. The number of anilines is 2. The van der Waals surface area contributed by atoms with Crippen molar-refractivity contribution in [3.05, 3.63) is 52.5 Å². The lowest BCUT2D eigenvalue weighted by Gasteiger charge is -2.29. The SMILES string of the molecule is CC(Oc1ccc(Cl)c(Cl)c1)C(=O)Nc1ccc(N2CCOCC2)cc1. The summed E-state index contributed by atoms with van der Waals surface area (Å²) in [5, 5.41) is 3.68. The minimum Gasteiger partial charge on any atom is -0.481 e. The standard InChI is InChI=1S/C19H20Cl2N2O3/c1-13(26-16-6-7-17(20)18(21)12-16)19(24)22-14-2-4-15(5-3-14)23-8-10-25-11-9-23/h2-7,12-13H,8-11H2,1H3,(H,22,24). The van der Waals surface area contributed by atoms with Crippen molar-refractivity contribution in [2.75, 3.05) is 36.5 Å². The van der Waals surface area contributed by atoms with Crippen LogP contribution in [0.1, 0.15) is 6.92 Å². The lowest BCUT2D eigenvalue weighted by atomic mass is 10.2. The van der Waals surface area contributed by atoms with Crippen LogP contribution in [0.2, 0.25) is 10.0 Å². The van der Waals surface area contributed by atoms with Gasteiger partial charge in [0.15, 0.2) is 6.10 Å². The summed E-state index contributed by atoms with van der Waals surface area (Å²) in [7, 11) is 0. The maximum atomic E-state index is 12.3. The first-order chi connectivity index (χ1) is 12.5. The number of amides is 1. The third-order valence-corrected chi connectivity index (χ3v) is 4.82. The fraction of sp³-hybridized carbons (Fsp3) is 0.316. The van der Waals surface area contributed by atoms with E-state index in [0.29, 0.717) is 15.8 Å². The highest BCUT2D eigenvalue weighted by Crippen LogP contribution is 2.27. The molecule has 0 saturated carbocycles. The number of morpholine rings is 1. The molecular weight excluding hydrogens is 375 g/mol. The molecule has 5 nitrogen and oxygen atoms in total. The molecule has 1 aliphatic heterocycles. The Morgan fingerprint density at radius 2 is 1.81 bits per heavy atom. The van der Waals surface area contributed by atoms with E-state index < -0.39 is 6.10 Å². The highest BCUT2D eigenvalue weighted by molar-refractivity contribution is 6.42. The van der Waals surface area contributed by atoms with Crippen LogP contribution in [0.3, 0.4) is 0 Å².